The van der Waals surface area contributed by atoms with Crippen LogP contribution >= 0.6 is 45.8 Å². The number of halogens is 3. The van der Waals surface area contributed by atoms with Gasteiger partial charge in [0.05, 0.1) is 5.02 Å². The Balaban J connectivity index is 2.62. The molecule has 1 heterocycles. The first-order valence-electron chi connectivity index (χ1n) is 4.44. The highest BCUT2D eigenvalue weighted by molar-refractivity contribution is 14.1. The largest absolute Gasteiger partial charge is 0.383 e. The Kier molecular flexibility index (Phi) is 3.56. The molecule has 2 aromatic rings. The molecule has 0 aliphatic heterocycles. The number of nitrogens with zero attached hydrogens (tertiary/aromatic N) is 1. The molecule has 0 saturated heterocycles. The maximum atomic E-state index is 6.12. The number of nitrogens with two attached hydrogens (primary N) is 1. The molecule has 0 amide bonds. The maximum Gasteiger partial charge on any atom is 0.131 e. The molecule has 2 N–H and O–H groups in total. The van der Waals surface area contributed by atoms with Gasteiger partial charge in [0.1, 0.15) is 5.82 Å². The number of pyridine rings is 1. The van der Waals surface area contributed by atoms with Crippen LogP contribution in [0, 0.1) is 3.57 Å². The van der Waals surface area contributed by atoms with Gasteiger partial charge in [-0.2, -0.15) is 0 Å². The topological polar surface area (TPSA) is 38.9 Å². The van der Waals surface area contributed by atoms with Crippen molar-refractivity contribution in [2.45, 2.75) is 0 Å². The first-order chi connectivity index (χ1) is 7.58. The van der Waals surface area contributed by atoms with Gasteiger partial charge in [0.15, 0.2) is 0 Å². The van der Waals surface area contributed by atoms with Crippen molar-refractivity contribution in [3.63, 3.8) is 0 Å². The predicted octanol–water partition coefficient (Wildman–Crippen LogP) is 4.24. The Morgan fingerprint density at radius 3 is 2.56 bits per heavy atom. The molecule has 0 aliphatic carbocycles. The van der Waals surface area contributed by atoms with Crippen molar-refractivity contribution in [2.24, 2.45) is 0 Å². The Morgan fingerprint density at radius 1 is 1.12 bits per heavy atom. The smallest absolute Gasteiger partial charge is 0.131 e. The summed E-state index contributed by atoms with van der Waals surface area (Å²) < 4.78 is 1.01. The average molecular weight is 365 g/mol. The molecule has 0 bridgehead atoms. The molecule has 0 saturated carbocycles. The predicted molar refractivity (Wildman–Crippen MR) is 76.8 cm³/mol. The molecule has 2 rings (SSSR count). The summed E-state index contributed by atoms with van der Waals surface area (Å²) in [6.07, 6.45) is 1.71. The highest BCUT2D eigenvalue weighted by Gasteiger charge is 2.09. The minimum atomic E-state index is 0.463. The van der Waals surface area contributed by atoms with E-state index >= 15 is 0 Å². The Morgan fingerprint density at radius 2 is 1.88 bits per heavy atom. The number of anilines is 1. The third-order valence-corrected chi connectivity index (χ3v) is 3.24. The van der Waals surface area contributed by atoms with Gasteiger partial charge in [-0.3, -0.25) is 0 Å². The zero-order valence-corrected chi connectivity index (χ0v) is 11.7. The standard InChI is InChI=1S/C11H7Cl2IN2/c12-6-1-2-8(10(13)3-6)9-4-7(14)5-16-11(9)15/h1-5H,(H2,15,16). The van der Waals surface area contributed by atoms with E-state index in [0.717, 1.165) is 14.7 Å². The molecule has 1 aromatic carbocycles. The summed E-state index contributed by atoms with van der Waals surface area (Å²) in [5.74, 6) is 0.463. The van der Waals surface area contributed by atoms with Crippen LogP contribution in [0.5, 0.6) is 0 Å². The van der Waals surface area contributed by atoms with Crippen molar-refractivity contribution in [1.29, 1.82) is 0 Å². The van der Waals surface area contributed by atoms with E-state index in [0.29, 0.717) is 15.9 Å². The maximum absolute atomic E-state index is 6.12. The molecule has 0 unspecified atom stereocenters. The third kappa shape index (κ3) is 2.42. The zero-order valence-electron chi connectivity index (χ0n) is 8.05. The second-order valence-corrected chi connectivity index (χ2v) is 5.30. The first-order valence-corrected chi connectivity index (χ1v) is 6.28. The number of benzene rings is 1. The van der Waals surface area contributed by atoms with Gasteiger partial charge in [0, 0.05) is 25.9 Å². The van der Waals surface area contributed by atoms with Gasteiger partial charge < -0.3 is 5.73 Å². The highest BCUT2D eigenvalue weighted by Crippen LogP contribution is 2.33. The quantitative estimate of drug-likeness (QED) is 0.768. The number of hydrogen-bond donors (Lipinski definition) is 1. The summed E-state index contributed by atoms with van der Waals surface area (Å²) >= 11 is 14.1. The molecular formula is C11H7Cl2IN2. The number of hydrogen-bond acceptors (Lipinski definition) is 2. The summed E-state index contributed by atoms with van der Waals surface area (Å²) in [7, 11) is 0. The molecule has 0 radical (unpaired) electrons. The summed E-state index contributed by atoms with van der Waals surface area (Å²) in [6.45, 7) is 0. The van der Waals surface area contributed by atoms with E-state index in [1.807, 2.05) is 12.1 Å². The minimum Gasteiger partial charge on any atom is -0.383 e. The van der Waals surface area contributed by atoms with Crippen molar-refractivity contribution in [3.8, 4) is 11.1 Å². The number of aromatic nitrogens is 1. The van der Waals surface area contributed by atoms with Crippen LogP contribution in [-0.2, 0) is 0 Å². The summed E-state index contributed by atoms with van der Waals surface area (Å²) in [5, 5.41) is 1.17. The van der Waals surface area contributed by atoms with E-state index in [9.17, 15) is 0 Å². The van der Waals surface area contributed by atoms with Crippen molar-refractivity contribution in [2.75, 3.05) is 5.73 Å². The van der Waals surface area contributed by atoms with Crippen LogP contribution in [0.3, 0.4) is 0 Å². The second kappa shape index (κ2) is 4.77. The molecule has 1 aromatic heterocycles. The summed E-state index contributed by atoms with van der Waals surface area (Å²) in [6, 6.07) is 7.26. The van der Waals surface area contributed by atoms with Crippen LogP contribution < -0.4 is 5.73 Å². The SMILES string of the molecule is Nc1ncc(I)cc1-c1ccc(Cl)cc1Cl. The van der Waals surface area contributed by atoms with E-state index < -0.39 is 0 Å². The summed E-state index contributed by atoms with van der Waals surface area (Å²) in [5.41, 5.74) is 7.49. The van der Waals surface area contributed by atoms with E-state index in [4.69, 9.17) is 28.9 Å². The van der Waals surface area contributed by atoms with Crippen LogP contribution in [0.4, 0.5) is 5.82 Å². The van der Waals surface area contributed by atoms with Gasteiger partial charge in [-0.25, -0.2) is 4.98 Å². The van der Waals surface area contributed by atoms with Crippen LogP contribution in [-0.4, -0.2) is 4.98 Å². The normalized spacial score (nSPS) is 10.4. The van der Waals surface area contributed by atoms with Crippen molar-refractivity contribution in [3.05, 3.63) is 44.1 Å². The Labute approximate surface area is 117 Å². The van der Waals surface area contributed by atoms with Crippen LogP contribution in [0.1, 0.15) is 0 Å². The lowest BCUT2D eigenvalue weighted by Crippen LogP contribution is -1.95. The number of nitrogen functional groups attached to an aromatic ring is 1. The fourth-order valence-electron chi connectivity index (χ4n) is 1.37. The van der Waals surface area contributed by atoms with Gasteiger partial charge >= 0.3 is 0 Å². The molecule has 82 valence electrons. The first kappa shape index (κ1) is 12.0. The zero-order chi connectivity index (χ0) is 11.7. The van der Waals surface area contributed by atoms with Gasteiger partial charge in [-0.05, 0) is 40.8 Å². The van der Waals surface area contributed by atoms with Crippen LogP contribution in [0.25, 0.3) is 11.1 Å². The Hall–Kier alpha value is -0.520. The fraction of sp³-hybridized carbons (Fsp3) is 0. The average Bonchev–Trinajstić information content (AvgIpc) is 2.22. The van der Waals surface area contributed by atoms with E-state index in [1.54, 1.807) is 18.3 Å². The van der Waals surface area contributed by atoms with E-state index in [-0.39, 0.29) is 0 Å². The van der Waals surface area contributed by atoms with E-state index in [1.165, 1.54) is 0 Å². The molecule has 5 heteroatoms. The van der Waals surface area contributed by atoms with Crippen LogP contribution in [0.2, 0.25) is 10.0 Å². The second-order valence-electron chi connectivity index (χ2n) is 3.21. The number of rotatable bonds is 1. The lowest BCUT2D eigenvalue weighted by Gasteiger charge is -2.07. The van der Waals surface area contributed by atoms with Crippen molar-refractivity contribution in [1.82, 2.24) is 4.98 Å². The lowest BCUT2D eigenvalue weighted by atomic mass is 10.1. The molecule has 0 spiro atoms. The van der Waals surface area contributed by atoms with Gasteiger partial charge in [0.25, 0.3) is 0 Å². The monoisotopic (exact) mass is 364 g/mol. The van der Waals surface area contributed by atoms with Gasteiger partial charge in [-0.15, -0.1) is 0 Å². The third-order valence-electron chi connectivity index (χ3n) is 2.11. The van der Waals surface area contributed by atoms with Crippen LogP contribution in [0.15, 0.2) is 30.5 Å². The van der Waals surface area contributed by atoms with Gasteiger partial charge in [0.2, 0.25) is 0 Å². The molecule has 16 heavy (non-hydrogen) atoms. The molecule has 0 aliphatic rings. The van der Waals surface area contributed by atoms with E-state index in [2.05, 4.69) is 27.6 Å². The Bertz CT molecular complexity index is 544. The lowest BCUT2D eigenvalue weighted by molar-refractivity contribution is 1.32. The highest BCUT2D eigenvalue weighted by atomic mass is 127. The minimum absolute atomic E-state index is 0.463. The molecule has 0 fully saturated rings. The summed E-state index contributed by atoms with van der Waals surface area (Å²) in [4.78, 5) is 4.10. The fourth-order valence-corrected chi connectivity index (χ4v) is 2.33. The molecule has 2 nitrogen and oxygen atoms in total. The molecule has 0 atom stereocenters. The molecular weight excluding hydrogens is 358 g/mol. The van der Waals surface area contributed by atoms with Crippen molar-refractivity contribution >= 4 is 51.6 Å². The van der Waals surface area contributed by atoms with Crippen molar-refractivity contribution < 1.29 is 0 Å². The van der Waals surface area contributed by atoms with Gasteiger partial charge in [-0.1, -0.05) is 29.3 Å².